The second-order valence-electron chi connectivity index (χ2n) is 4.71. The maximum absolute atomic E-state index is 11.5. The average Bonchev–Trinajstić information content (AvgIpc) is 2.53. The number of rotatable bonds is 3. The lowest BCUT2D eigenvalue weighted by Gasteiger charge is -2.04. The number of aliphatic carboxylic acids is 1. The summed E-state index contributed by atoms with van der Waals surface area (Å²) in [6, 6.07) is 17.4. The van der Waals surface area contributed by atoms with E-state index in [9.17, 15) is 9.90 Å². The van der Waals surface area contributed by atoms with Crippen LogP contribution in [-0.2, 0) is 4.79 Å². The van der Waals surface area contributed by atoms with Crippen LogP contribution < -0.4 is 0 Å². The number of nitrogens with zero attached hydrogens (tertiary/aromatic N) is 1. The van der Waals surface area contributed by atoms with Crippen LogP contribution in [0.3, 0.4) is 0 Å². The molecule has 0 amide bonds. The van der Waals surface area contributed by atoms with Crippen molar-refractivity contribution < 1.29 is 9.90 Å². The number of hydrogen-bond donors (Lipinski definition) is 1. The number of fused-ring (bicyclic) bond motifs is 1. The van der Waals surface area contributed by atoms with Crippen LogP contribution in [0.5, 0.6) is 0 Å². The Bertz CT molecular complexity index is 823. The fourth-order valence-corrected chi connectivity index (χ4v) is 2.25. The van der Waals surface area contributed by atoms with Gasteiger partial charge < -0.3 is 5.11 Å². The Balaban J connectivity index is 2.09. The molecule has 0 aliphatic rings. The minimum Gasteiger partial charge on any atom is -0.478 e. The van der Waals surface area contributed by atoms with Crippen molar-refractivity contribution in [1.82, 2.24) is 4.98 Å². The van der Waals surface area contributed by atoms with Crippen molar-refractivity contribution in [3.8, 4) is 0 Å². The van der Waals surface area contributed by atoms with Gasteiger partial charge in [-0.05, 0) is 34.5 Å². The van der Waals surface area contributed by atoms with Crippen molar-refractivity contribution in [2.75, 3.05) is 0 Å². The molecule has 0 bridgehead atoms. The maximum atomic E-state index is 11.5. The minimum absolute atomic E-state index is 0.235. The van der Waals surface area contributed by atoms with E-state index in [0.717, 1.165) is 16.3 Å². The van der Waals surface area contributed by atoms with E-state index in [2.05, 4.69) is 4.98 Å². The van der Waals surface area contributed by atoms with Crippen molar-refractivity contribution in [3.05, 3.63) is 78.1 Å². The van der Waals surface area contributed by atoms with Crippen LogP contribution in [-0.4, -0.2) is 16.1 Å². The van der Waals surface area contributed by atoms with Crippen molar-refractivity contribution in [2.24, 2.45) is 0 Å². The van der Waals surface area contributed by atoms with Crippen molar-refractivity contribution >= 4 is 28.4 Å². The largest absolute Gasteiger partial charge is 0.478 e. The van der Waals surface area contributed by atoms with Crippen molar-refractivity contribution in [2.45, 2.75) is 0 Å². The molecule has 3 nitrogen and oxygen atoms in total. The first-order valence-electron chi connectivity index (χ1n) is 6.58. The number of pyridine rings is 1. The quantitative estimate of drug-likeness (QED) is 0.738. The zero-order valence-electron chi connectivity index (χ0n) is 11.2. The molecule has 3 heteroatoms. The number of benzene rings is 2. The number of carboxylic acids is 1. The van der Waals surface area contributed by atoms with E-state index in [0.29, 0.717) is 5.56 Å². The molecular weight excluding hydrogens is 262 g/mol. The predicted octanol–water partition coefficient (Wildman–Crippen LogP) is 3.86. The summed E-state index contributed by atoms with van der Waals surface area (Å²) < 4.78 is 0. The summed E-state index contributed by atoms with van der Waals surface area (Å²) in [5, 5.41) is 11.6. The third-order valence-corrected chi connectivity index (χ3v) is 3.29. The molecule has 3 rings (SSSR count). The Hall–Kier alpha value is -2.94. The topological polar surface area (TPSA) is 50.2 Å². The van der Waals surface area contributed by atoms with E-state index >= 15 is 0 Å². The van der Waals surface area contributed by atoms with Gasteiger partial charge >= 0.3 is 5.97 Å². The molecule has 1 heterocycles. The standard InChI is InChI=1S/C18H13NO2/c20-18(21)17(16-6-3-9-19-12-16)11-13-7-8-14-4-1-2-5-15(14)10-13/h1-12H,(H,20,21). The van der Waals surface area contributed by atoms with Gasteiger partial charge in [0.15, 0.2) is 0 Å². The molecule has 0 atom stereocenters. The zero-order chi connectivity index (χ0) is 14.7. The maximum Gasteiger partial charge on any atom is 0.336 e. The fraction of sp³-hybridized carbons (Fsp3) is 0. The van der Waals surface area contributed by atoms with Crippen LogP contribution in [0.1, 0.15) is 11.1 Å². The van der Waals surface area contributed by atoms with E-state index in [-0.39, 0.29) is 5.57 Å². The third kappa shape index (κ3) is 2.82. The molecule has 0 aliphatic carbocycles. The van der Waals surface area contributed by atoms with Crippen molar-refractivity contribution in [1.29, 1.82) is 0 Å². The lowest BCUT2D eigenvalue weighted by atomic mass is 10.0. The van der Waals surface area contributed by atoms with Crippen molar-refractivity contribution in [3.63, 3.8) is 0 Å². The van der Waals surface area contributed by atoms with Gasteiger partial charge in [0.05, 0.1) is 5.57 Å². The molecule has 0 unspecified atom stereocenters. The molecule has 0 radical (unpaired) electrons. The molecular formula is C18H13NO2. The van der Waals surface area contributed by atoms with Gasteiger partial charge in [0.25, 0.3) is 0 Å². The van der Waals surface area contributed by atoms with E-state index in [1.165, 1.54) is 0 Å². The van der Waals surface area contributed by atoms with E-state index in [1.54, 1.807) is 30.6 Å². The molecule has 1 N–H and O–H groups in total. The van der Waals surface area contributed by atoms with Gasteiger partial charge in [0.1, 0.15) is 0 Å². The monoisotopic (exact) mass is 275 g/mol. The summed E-state index contributed by atoms with van der Waals surface area (Å²) in [7, 11) is 0. The number of carboxylic acid groups (broad SMARTS) is 1. The Labute approximate surface area is 122 Å². The first-order valence-corrected chi connectivity index (χ1v) is 6.58. The SMILES string of the molecule is O=C(O)C(=Cc1ccc2ccccc2c1)c1cccnc1. The van der Waals surface area contributed by atoms with Crippen LogP contribution in [0, 0.1) is 0 Å². The second kappa shape index (κ2) is 5.59. The van der Waals surface area contributed by atoms with Crippen LogP contribution >= 0.6 is 0 Å². The number of carbonyl (C=O) groups is 1. The second-order valence-corrected chi connectivity index (χ2v) is 4.71. The Morgan fingerprint density at radius 3 is 2.52 bits per heavy atom. The Morgan fingerprint density at radius 1 is 1.00 bits per heavy atom. The highest BCUT2D eigenvalue weighted by atomic mass is 16.4. The summed E-state index contributed by atoms with van der Waals surface area (Å²) in [6.07, 6.45) is 4.85. The lowest BCUT2D eigenvalue weighted by Crippen LogP contribution is -1.99. The molecule has 1 aromatic heterocycles. The molecule has 3 aromatic rings. The van der Waals surface area contributed by atoms with Gasteiger partial charge in [-0.2, -0.15) is 0 Å². The highest BCUT2D eigenvalue weighted by Gasteiger charge is 2.10. The summed E-state index contributed by atoms with van der Waals surface area (Å²) in [5.74, 6) is -0.962. The molecule has 102 valence electrons. The van der Waals surface area contributed by atoms with E-state index in [1.807, 2.05) is 42.5 Å². The number of hydrogen-bond acceptors (Lipinski definition) is 2. The third-order valence-electron chi connectivity index (χ3n) is 3.29. The van der Waals surface area contributed by atoms with Crippen LogP contribution in [0.15, 0.2) is 67.0 Å². The van der Waals surface area contributed by atoms with Crippen LogP contribution in [0.4, 0.5) is 0 Å². The molecule has 0 saturated carbocycles. The summed E-state index contributed by atoms with van der Waals surface area (Å²) in [5.41, 5.74) is 1.69. The highest BCUT2D eigenvalue weighted by molar-refractivity contribution is 6.20. The summed E-state index contributed by atoms with van der Waals surface area (Å²) >= 11 is 0. The average molecular weight is 275 g/mol. The van der Waals surface area contributed by atoms with E-state index in [4.69, 9.17) is 0 Å². The highest BCUT2D eigenvalue weighted by Crippen LogP contribution is 2.21. The van der Waals surface area contributed by atoms with Gasteiger partial charge in [0.2, 0.25) is 0 Å². The first-order chi connectivity index (χ1) is 10.2. The van der Waals surface area contributed by atoms with Gasteiger partial charge in [-0.3, -0.25) is 4.98 Å². The normalized spacial score (nSPS) is 11.5. The zero-order valence-corrected chi connectivity index (χ0v) is 11.2. The summed E-state index contributed by atoms with van der Waals surface area (Å²) in [4.78, 5) is 15.4. The minimum atomic E-state index is -0.962. The van der Waals surface area contributed by atoms with Crippen LogP contribution in [0.2, 0.25) is 0 Å². The molecule has 2 aromatic carbocycles. The Morgan fingerprint density at radius 2 is 1.81 bits per heavy atom. The molecule has 0 aliphatic heterocycles. The number of aromatic nitrogens is 1. The fourth-order valence-electron chi connectivity index (χ4n) is 2.25. The van der Waals surface area contributed by atoms with Gasteiger partial charge in [0, 0.05) is 18.0 Å². The first kappa shape index (κ1) is 13.1. The molecule has 0 spiro atoms. The molecule has 0 fully saturated rings. The summed E-state index contributed by atoms with van der Waals surface area (Å²) in [6.45, 7) is 0. The van der Waals surface area contributed by atoms with Gasteiger partial charge in [-0.15, -0.1) is 0 Å². The Kier molecular flexibility index (Phi) is 3.48. The molecule has 21 heavy (non-hydrogen) atoms. The molecule has 0 saturated heterocycles. The van der Waals surface area contributed by atoms with Gasteiger partial charge in [-0.25, -0.2) is 4.79 Å². The predicted molar refractivity (Wildman–Crippen MR) is 83.7 cm³/mol. The lowest BCUT2D eigenvalue weighted by molar-refractivity contribution is -0.130. The van der Waals surface area contributed by atoms with Gasteiger partial charge in [-0.1, -0.05) is 42.5 Å². The smallest absolute Gasteiger partial charge is 0.336 e. The van der Waals surface area contributed by atoms with E-state index < -0.39 is 5.97 Å². The van der Waals surface area contributed by atoms with Crippen LogP contribution in [0.25, 0.3) is 22.4 Å².